The molecule has 2 aliphatic carbocycles. The first-order valence-corrected chi connectivity index (χ1v) is 6.25. The van der Waals surface area contributed by atoms with Crippen molar-refractivity contribution in [2.45, 2.75) is 31.0 Å². The summed E-state index contributed by atoms with van der Waals surface area (Å²) in [6, 6.07) is 8.80. The number of ether oxygens (including phenoxy) is 2. The van der Waals surface area contributed by atoms with Crippen LogP contribution in [0.25, 0.3) is 0 Å². The summed E-state index contributed by atoms with van der Waals surface area (Å²) in [6.07, 6.45) is 3.51. The molecule has 1 spiro atoms. The van der Waals surface area contributed by atoms with E-state index in [0.29, 0.717) is 11.8 Å². The largest absolute Gasteiger partial charge is 0.347 e. The lowest BCUT2D eigenvalue weighted by molar-refractivity contribution is -0.222. The van der Waals surface area contributed by atoms with E-state index < -0.39 is 0 Å². The lowest BCUT2D eigenvalue weighted by atomic mass is 9.60. The van der Waals surface area contributed by atoms with Gasteiger partial charge in [0.15, 0.2) is 5.79 Å². The Morgan fingerprint density at radius 1 is 1.06 bits per heavy atom. The second-order valence-electron chi connectivity index (χ2n) is 5.17. The van der Waals surface area contributed by atoms with Crippen LogP contribution >= 0.6 is 0 Å². The summed E-state index contributed by atoms with van der Waals surface area (Å²) in [5, 5.41) is 0. The van der Waals surface area contributed by atoms with Crippen LogP contribution in [0.5, 0.6) is 0 Å². The highest BCUT2D eigenvalue weighted by Crippen LogP contribution is 2.56. The Labute approximate surface area is 95.6 Å². The third-order valence-corrected chi connectivity index (χ3v) is 4.51. The van der Waals surface area contributed by atoms with E-state index in [2.05, 4.69) is 24.3 Å². The van der Waals surface area contributed by atoms with Crippen LogP contribution < -0.4 is 0 Å². The summed E-state index contributed by atoms with van der Waals surface area (Å²) in [5.41, 5.74) is 2.98. The second kappa shape index (κ2) is 3.08. The minimum Gasteiger partial charge on any atom is -0.347 e. The number of fused-ring (bicyclic) bond motifs is 4. The molecule has 4 rings (SSSR count). The first-order valence-electron chi connectivity index (χ1n) is 6.25. The maximum atomic E-state index is 5.95. The molecule has 0 bridgehead atoms. The Balaban J connectivity index is 1.81. The van der Waals surface area contributed by atoms with Gasteiger partial charge in [0, 0.05) is 12.3 Å². The molecular weight excluding hydrogens is 200 g/mol. The maximum absolute atomic E-state index is 5.95. The minimum atomic E-state index is -0.267. The molecule has 1 saturated heterocycles. The SMILES string of the molecule is c1ccc2c(c1)CC1(OCCO1)[C@H]1CC[C@@H]21. The average Bonchev–Trinajstić information content (AvgIpc) is 2.67. The molecule has 0 radical (unpaired) electrons. The highest BCUT2D eigenvalue weighted by molar-refractivity contribution is 5.37. The first-order chi connectivity index (χ1) is 7.89. The van der Waals surface area contributed by atoms with Gasteiger partial charge in [-0.1, -0.05) is 24.3 Å². The maximum Gasteiger partial charge on any atom is 0.175 e. The molecular formula is C14H16O2. The molecule has 1 heterocycles. The van der Waals surface area contributed by atoms with Crippen molar-refractivity contribution in [3.05, 3.63) is 35.4 Å². The Bertz CT molecular complexity index is 420. The molecule has 0 amide bonds. The Kier molecular flexibility index (Phi) is 1.77. The number of hydrogen-bond donors (Lipinski definition) is 0. The van der Waals surface area contributed by atoms with E-state index in [1.54, 1.807) is 5.56 Å². The van der Waals surface area contributed by atoms with E-state index in [4.69, 9.17) is 9.47 Å². The van der Waals surface area contributed by atoms with Crippen LogP contribution in [0.4, 0.5) is 0 Å². The van der Waals surface area contributed by atoms with Crippen molar-refractivity contribution < 1.29 is 9.47 Å². The van der Waals surface area contributed by atoms with Crippen LogP contribution in [0, 0.1) is 5.92 Å². The molecule has 3 aliphatic rings. The zero-order chi connectivity index (χ0) is 10.6. The van der Waals surface area contributed by atoms with E-state index in [1.165, 1.54) is 18.4 Å². The van der Waals surface area contributed by atoms with Gasteiger partial charge >= 0.3 is 0 Å². The summed E-state index contributed by atoms with van der Waals surface area (Å²) < 4.78 is 11.9. The molecule has 0 aromatic heterocycles. The minimum absolute atomic E-state index is 0.267. The van der Waals surface area contributed by atoms with Gasteiger partial charge in [-0.25, -0.2) is 0 Å². The lowest BCUT2D eigenvalue weighted by Crippen LogP contribution is -2.51. The van der Waals surface area contributed by atoms with Gasteiger partial charge in [-0.15, -0.1) is 0 Å². The summed E-state index contributed by atoms with van der Waals surface area (Å²) in [6.45, 7) is 1.54. The molecule has 0 N–H and O–H groups in total. The monoisotopic (exact) mass is 216 g/mol. The Morgan fingerprint density at radius 2 is 1.88 bits per heavy atom. The van der Waals surface area contributed by atoms with E-state index in [0.717, 1.165) is 19.6 Å². The summed E-state index contributed by atoms with van der Waals surface area (Å²) in [4.78, 5) is 0. The van der Waals surface area contributed by atoms with Gasteiger partial charge in [0.1, 0.15) is 0 Å². The lowest BCUT2D eigenvalue weighted by Gasteiger charge is -2.51. The highest BCUT2D eigenvalue weighted by atomic mass is 16.7. The zero-order valence-corrected chi connectivity index (χ0v) is 9.32. The van der Waals surface area contributed by atoms with Crippen LogP contribution in [0.1, 0.15) is 29.9 Å². The van der Waals surface area contributed by atoms with Gasteiger partial charge in [0.2, 0.25) is 0 Å². The van der Waals surface area contributed by atoms with Crippen LogP contribution in [0.3, 0.4) is 0 Å². The van der Waals surface area contributed by atoms with Gasteiger partial charge in [0.05, 0.1) is 13.2 Å². The molecule has 2 atom stereocenters. The van der Waals surface area contributed by atoms with E-state index >= 15 is 0 Å². The fourth-order valence-corrected chi connectivity index (χ4v) is 3.64. The molecule has 2 nitrogen and oxygen atoms in total. The molecule has 1 saturated carbocycles. The fraction of sp³-hybridized carbons (Fsp3) is 0.571. The molecule has 2 heteroatoms. The number of rotatable bonds is 0. The van der Waals surface area contributed by atoms with Crippen molar-refractivity contribution >= 4 is 0 Å². The van der Waals surface area contributed by atoms with Crippen molar-refractivity contribution in [2.75, 3.05) is 13.2 Å². The van der Waals surface area contributed by atoms with Gasteiger partial charge in [-0.3, -0.25) is 0 Å². The Hall–Kier alpha value is -0.860. The standard InChI is InChI=1S/C14H16O2/c1-2-4-11-10(3-1)9-14(15-7-8-16-14)13-6-5-12(11)13/h1-4,12-13H,5-9H2/t12-,13-/m0/s1. The second-order valence-corrected chi connectivity index (χ2v) is 5.17. The van der Waals surface area contributed by atoms with Gasteiger partial charge < -0.3 is 9.47 Å². The molecule has 1 aromatic carbocycles. The number of benzene rings is 1. The van der Waals surface area contributed by atoms with Crippen molar-refractivity contribution in [1.82, 2.24) is 0 Å². The van der Waals surface area contributed by atoms with Crippen molar-refractivity contribution in [3.63, 3.8) is 0 Å². The fourth-order valence-electron chi connectivity index (χ4n) is 3.64. The van der Waals surface area contributed by atoms with Crippen LogP contribution in [0.2, 0.25) is 0 Å². The van der Waals surface area contributed by atoms with Crippen LogP contribution in [-0.2, 0) is 15.9 Å². The summed E-state index contributed by atoms with van der Waals surface area (Å²) in [7, 11) is 0. The third-order valence-electron chi connectivity index (χ3n) is 4.51. The molecule has 2 fully saturated rings. The van der Waals surface area contributed by atoms with Gasteiger partial charge in [0.25, 0.3) is 0 Å². The Morgan fingerprint density at radius 3 is 2.62 bits per heavy atom. The zero-order valence-electron chi connectivity index (χ0n) is 9.32. The van der Waals surface area contributed by atoms with Crippen molar-refractivity contribution in [1.29, 1.82) is 0 Å². The first kappa shape index (κ1) is 9.20. The van der Waals surface area contributed by atoms with Crippen LogP contribution in [0.15, 0.2) is 24.3 Å². The van der Waals surface area contributed by atoms with Gasteiger partial charge in [-0.2, -0.15) is 0 Å². The van der Waals surface area contributed by atoms with E-state index in [9.17, 15) is 0 Å². The smallest absolute Gasteiger partial charge is 0.175 e. The number of hydrogen-bond acceptors (Lipinski definition) is 2. The molecule has 1 aromatic rings. The predicted octanol–water partition coefficient (Wildman–Crippen LogP) is 2.48. The van der Waals surface area contributed by atoms with E-state index in [1.807, 2.05) is 0 Å². The van der Waals surface area contributed by atoms with Crippen LogP contribution in [-0.4, -0.2) is 19.0 Å². The topological polar surface area (TPSA) is 18.5 Å². The van der Waals surface area contributed by atoms with E-state index in [-0.39, 0.29) is 5.79 Å². The third kappa shape index (κ3) is 1.04. The van der Waals surface area contributed by atoms with Crippen molar-refractivity contribution in [3.8, 4) is 0 Å². The summed E-state index contributed by atoms with van der Waals surface area (Å²) >= 11 is 0. The molecule has 0 unspecified atom stereocenters. The molecule has 1 aliphatic heterocycles. The normalized spacial score (nSPS) is 34.2. The average molecular weight is 216 g/mol. The summed E-state index contributed by atoms with van der Waals surface area (Å²) in [5.74, 6) is 1.02. The molecule has 84 valence electrons. The molecule has 16 heavy (non-hydrogen) atoms. The highest BCUT2D eigenvalue weighted by Gasteiger charge is 2.55. The van der Waals surface area contributed by atoms with Crippen molar-refractivity contribution in [2.24, 2.45) is 5.92 Å². The quantitative estimate of drug-likeness (QED) is 0.663. The van der Waals surface area contributed by atoms with Gasteiger partial charge in [-0.05, 0) is 29.9 Å². The predicted molar refractivity (Wildman–Crippen MR) is 60.2 cm³/mol.